The highest BCUT2D eigenvalue weighted by Gasteiger charge is 2.21. The topological polar surface area (TPSA) is 78.6 Å². The molecule has 1 aliphatic heterocycles. The van der Waals surface area contributed by atoms with Gasteiger partial charge in [-0.3, -0.25) is 4.79 Å². The lowest BCUT2D eigenvalue weighted by molar-refractivity contribution is 0.0732. The van der Waals surface area contributed by atoms with Crippen LogP contribution in [0.3, 0.4) is 0 Å². The number of para-hydroxylation sites is 1. The van der Waals surface area contributed by atoms with Gasteiger partial charge in [0.25, 0.3) is 5.91 Å². The highest BCUT2D eigenvalue weighted by Crippen LogP contribution is 2.36. The molecule has 1 aliphatic rings. The molecule has 1 heterocycles. The first-order valence-electron chi connectivity index (χ1n) is 7.50. The molecule has 120 valence electrons. The van der Waals surface area contributed by atoms with Gasteiger partial charge in [0.2, 0.25) is 0 Å². The smallest absolute Gasteiger partial charge is 0.255 e. The zero-order valence-corrected chi connectivity index (χ0v) is 13.5. The summed E-state index contributed by atoms with van der Waals surface area (Å²) in [6.45, 7) is 2.99. The first-order valence-corrected chi connectivity index (χ1v) is 8.32. The number of carbonyl (C=O) groups is 1. The molecule has 0 aliphatic carbocycles. The van der Waals surface area contributed by atoms with Crippen molar-refractivity contribution in [2.75, 3.05) is 31.9 Å². The molecule has 1 fully saturated rings. The average Bonchev–Trinajstić information content (AvgIpc) is 2.57. The number of piperazine rings is 1. The molecule has 0 atom stereocenters. The number of phenols is 1. The Morgan fingerprint density at radius 1 is 1.13 bits per heavy atom. The Morgan fingerprint density at radius 2 is 1.87 bits per heavy atom. The van der Waals surface area contributed by atoms with Gasteiger partial charge in [0.05, 0.1) is 5.56 Å². The van der Waals surface area contributed by atoms with Gasteiger partial charge in [0.1, 0.15) is 5.75 Å². The van der Waals surface area contributed by atoms with Crippen LogP contribution in [0, 0.1) is 0 Å². The minimum atomic E-state index is -0.0106. The van der Waals surface area contributed by atoms with Gasteiger partial charge in [-0.2, -0.15) is 0 Å². The number of phenolic OH excluding ortho intramolecular Hbond substituents is 1. The van der Waals surface area contributed by atoms with Gasteiger partial charge in [-0.1, -0.05) is 23.9 Å². The Hall–Kier alpha value is -2.18. The summed E-state index contributed by atoms with van der Waals surface area (Å²) in [5, 5.41) is 13.0. The molecule has 2 aromatic carbocycles. The minimum Gasteiger partial charge on any atom is -0.508 e. The van der Waals surface area contributed by atoms with Crippen molar-refractivity contribution in [1.82, 2.24) is 10.2 Å². The van der Waals surface area contributed by atoms with E-state index in [1.54, 1.807) is 18.2 Å². The van der Waals surface area contributed by atoms with Crippen molar-refractivity contribution in [3.05, 3.63) is 48.0 Å². The summed E-state index contributed by atoms with van der Waals surface area (Å²) in [5.41, 5.74) is 7.24. The van der Waals surface area contributed by atoms with Crippen LogP contribution in [0.1, 0.15) is 10.4 Å². The van der Waals surface area contributed by atoms with Crippen molar-refractivity contribution in [3.8, 4) is 5.75 Å². The lowest BCUT2D eigenvalue weighted by Crippen LogP contribution is -2.46. The first kappa shape index (κ1) is 15.7. The zero-order chi connectivity index (χ0) is 16.2. The van der Waals surface area contributed by atoms with Gasteiger partial charge < -0.3 is 21.1 Å². The number of nitrogen functional groups attached to an aromatic ring is 1. The number of nitrogens with two attached hydrogens (primary N) is 1. The number of nitrogens with zero attached hydrogens (tertiary/aromatic N) is 1. The Morgan fingerprint density at radius 3 is 2.61 bits per heavy atom. The first-order chi connectivity index (χ1) is 11.1. The van der Waals surface area contributed by atoms with E-state index in [9.17, 15) is 9.90 Å². The third-order valence-electron chi connectivity index (χ3n) is 3.74. The van der Waals surface area contributed by atoms with E-state index in [4.69, 9.17) is 5.73 Å². The summed E-state index contributed by atoms with van der Waals surface area (Å²) in [5.74, 6) is 0.127. The number of hydrogen-bond acceptors (Lipinski definition) is 5. The SMILES string of the molecule is Nc1ccccc1Sc1cc(O)ccc1C(=O)N1CCNCC1. The number of amides is 1. The van der Waals surface area contributed by atoms with Crippen LogP contribution in [0.4, 0.5) is 5.69 Å². The molecule has 5 nitrogen and oxygen atoms in total. The molecule has 1 saturated heterocycles. The molecule has 3 rings (SSSR count). The molecule has 0 spiro atoms. The summed E-state index contributed by atoms with van der Waals surface area (Å²) in [4.78, 5) is 16.2. The fraction of sp³-hybridized carbons (Fsp3) is 0.235. The molecular weight excluding hydrogens is 310 g/mol. The third-order valence-corrected chi connectivity index (χ3v) is 4.89. The number of aromatic hydroxyl groups is 1. The van der Waals surface area contributed by atoms with E-state index < -0.39 is 0 Å². The Balaban J connectivity index is 1.91. The molecule has 0 unspecified atom stereocenters. The Bertz CT molecular complexity index is 715. The van der Waals surface area contributed by atoms with Crippen LogP contribution < -0.4 is 11.1 Å². The second kappa shape index (κ2) is 6.93. The number of hydrogen-bond donors (Lipinski definition) is 3. The van der Waals surface area contributed by atoms with Gasteiger partial charge in [0.15, 0.2) is 0 Å². The Labute approximate surface area is 139 Å². The van der Waals surface area contributed by atoms with Crippen molar-refractivity contribution >= 4 is 23.4 Å². The zero-order valence-electron chi connectivity index (χ0n) is 12.7. The maximum Gasteiger partial charge on any atom is 0.255 e. The molecule has 0 radical (unpaired) electrons. The predicted molar refractivity (Wildman–Crippen MR) is 91.9 cm³/mol. The van der Waals surface area contributed by atoms with E-state index in [1.807, 2.05) is 29.2 Å². The number of rotatable bonds is 3. The van der Waals surface area contributed by atoms with Crippen molar-refractivity contribution in [1.29, 1.82) is 0 Å². The fourth-order valence-electron chi connectivity index (χ4n) is 2.50. The van der Waals surface area contributed by atoms with Gasteiger partial charge in [0, 0.05) is 41.7 Å². The van der Waals surface area contributed by atoms with Crippen molar-refractivity contribution in [2.24, 2.45) is 0 Å². The Kier molecular flexibility index (Phi) is 4.73. The standard InChI is InChI=1S/C17H19N3O2S/c18-14-3-1-2-4-15(14)23-16-11-12(21)5-6-13(16)17(22)20-9-7-19-8-10-20/h1-6,11,19,21H,7-10,18H2. The minimum absolute atomic E-state index is 0.0106. The summed E-state index contributed by atoms with van der Waals surface area (Å²) in [6, 6.07) is 12.3. The van der Waals surface area contributed by atoms with Crippen LogP contribution in [-0.4, -0.2) is 42.1 Å². The summed E-state index contributed by atoms with van der Waals surface area (Å²) in [6.07, 6.45) is 0. The van der Waals surface area contributed by atoms with E-state index in [0.717, 1.165) is 18.0 Å². The van der Waals surface area contributed by atoms with Gasteiger partial charge >= 0.3 is 0 Å². The van der Waals surface area contributed by atoms with Crippen LogP contribution in [-0.2, 0) is 0 Å². The van der Waals surface area contributed by atoms with E-state index in [2.05, 4.69) is 5.32 Å². The fourth-order valence-corrected chi connectivity index (χ4v) is 3.52. The number of benzene rings is 2. The van der Waals surface area contributed by atoms with E-state index in [1.165, 1.54) is 11.8 Å². The van der Waals surface area contributed by atoms with Crippen LogP contribution in [0.5, 0.6) is 5.75 Å². The summed E-state index contributed by atoms with van der Waals surface area (Å²) >= 11 is 1.40. The quantitative estimate of drug-likeness (QED) is 0.752. The van der Waals surface area contributed by atoms with E-state index in [0.29, 0.717) is 29.2 Å². The number of nitrogens with one attached hydrogen (secondary N) is 1. The third kappa shape index (κ3) is 3.60. The normalized spacial score (nSPS) is 14.7. The van der Waals surface area contributed by atoms with Crippen LogP contribution in [0.25, 0.3) is 0 Å². The second-order valence-corrected chi connectivity index (χ2v) is 6.45. The van der Waals surface area contributed by atoms with E-state index >= 15 is 0 Å². The van der Waals surface area contributed by atoms with Crippen LogP contribution in [0.15, 0.2) is 52.3 Å². The highest BCUT2D eigenvalue weighted by atomic mass is 32.2. The molecule has 0 bridgehead atoms. The maximum absolute atomic E-state index is 12.8. The highest BCUT2D eigenvalue weighted by molar-refractivity contribution is 7.99. The second-order valence-electron chi connectivity index (χ2n) is 5.36. The maximum atomic E-state index is 12.8. The van der Waals surface area contributed by atoms with Crippen LogP contribution >= 0.6 is 11.8 Å². The molecule has 6 heteroatoms. The molecule has 23 heavy (non-hydrogen) atoms. The molecule has 0 aromatic heterocycles. The van der Waals surface area contributed by atoms with Crippen LogP contribution in [0.2, 0.25) is 0 Å². The van der Waals surface area contributed by atoms with E-state index in [-0.39, 0.29) is 11.7 Å². The molecule has 0 saturated carbocycles. The number of carbonyl (C=O) groups excluding carboxylic acids is 1. The van der Waals surface area contributed by atoms with Gasteiger partial charge in [-0.05, 0) is 30.3 Å². The predicted octanol–water partition coefficient (Wildman–Crippen LogP) is 2.17. The average molecular weight is 329 g/mol. The molecular formula is C17H19N3O2S. The molecule has 4 N–H and O–H groups in total. The van der Waals surface area contributed by atoms with Crippen molar-refractivity contribution < 1.29 is 9.90 Å². The lowest BCUT2D eigenvalue weighted by atomic mass is 10.1. The monoisotopic (exact) mass is 329 g/mol. The van der Waals surface area contributed by atoms with Gasteiger partial charge in [-0.25, -0.2) is 0 Å². The largest absolute Gasteiger partial charge is 0.508 e. The van der Waals surface area contributed by atoms with Crippen molar-refractivity contribution in [2.45, 2.75) is 9.79 Å². The summed E-state index contributed by atoms with van der Waals surface area (Å²) in [7, 11) is 0. The lowest BCUT2D eigenvalue weighted by Gasteiger charge is -2.28. The molecule has 1 amide bonds. The van der Waals surface area contributed by atoms with Gasteiger partial charge in [-0.15, -0.1) is 0 Å². The van der Waals surface area contributed by atoms with Crippen molar-refractivity contribution in [3.63, 3.8) is 0 Å². The molecule has 2 aromatic rings. The summed E-state index contributed by atoms with van der Waals surface area (Å²) < 4.78 is 0. The number of anilines is 1.